The lowest BCUT2D eigenvalue weighted by atomic mass is 10.4. The molecule has 1 aromatic heterocycles. The Morgan fingerprint density at radius 2 is 2.62 bits per heavy atom. The van der Waals surface area contributed by atoms with Crippen molar-refractivity contribution in [3.05, 3.63) is 36.9 Å². The average molecular weight is 178 g/mol. The summed E-state index contributed by atoms with van der Waals surface area (Å²) in [5.74, 6) is 0. The van der Waals surface area contributed by atoms with Crippen LogP contribution in [0.25, 0.3) is 0 Å². The van der Waals surface area contributed by atoms with Gasteiger partial charge in [-0.1, -0.05) is 0 Å². The first kappa shape index (κ1) is 9.41. The zero-order valence-corrected chi connectivity index (χ0v) is 7.22. The van der Waals surface area contributed by atoms with E-state index in [1.54, 1.807) is 31.0 Å². The second-order valence-electron chi connectivity index (χ2n) is 2.27. The summed E-state index contributed by atoms with van der Waals surface area (Å²) in [6.07, 6.45) is 8.45. The highest BCUT2D eigenvalue weighted by atomic mass is 14.9. The molecule has 4 nitrogen and oxygen atoms in total. The monoisotopic (exact) mass is 178 g/mol. The van der Waals surface area contributed by atoms with E-state index in [0.717, 1.165) is 5.69 Å². The van der Waals surface area contributed by atoms with Crippen molar-refractivity contribution in [2.45, 2.75) is 0 Å². The standard InChI is InChI=1S/C9H12N4.H2/c10-3-5-11-6-7-13-9-2-1-4-12-8-9;/h1-2,4-8,13H,3,10H2;1H/b7-6+,11-5?;. The van der Waals surface area contributed by atoms with Crippen LogP contribution >= 0.6 is 0 Å². The summed E-state index contributed by atoms with van der Waals surface area (Å²) in [4.78, 5) is 7.84. The Morgan fingerprint density at radius 1 is 1.69 bits per heavy atom. The van der Waals surface area contributed by atoms with Crippen molar-refractivity contribution < 1.29 is 1.43 Å². The van der Waals surface area contributed by atoms with Gasteiger partial charge in [-0.3, -0.25) is 9.98 Å². The zero-order valence-electron chi connectivity index (χ0n) is 7.22. The largest absolute Gasteiger partial charge is 0.359 e. The van der Waals surface area contributed by atoms with Gasteiger partial charge in [0.25, 0.3) is 0 Å². The second-order valence-corrected chi connectivity index (χ2v) is 2.27. The third-order valence-electron chi connectivity index (χ3n) is 1.28. The molecule has 0 spiro atoms. The molecular weight excluding hydrogens is 164 g/mol. The fourth-order valence-electron chi connectivity index (χ4n) is 0.746. The van der Waals surface area contributed by atoms with Gasteiger partial charge in [0.1, 0.15) is 0 Å². The lowest BCUT2D eigenvalue weighted by molar-refractivity contribution is 1.31. The third-order valence-corrected chi connectivity index (χ3v) is 1.28. The summed E-state index contributed by atoms with van der Waals surface area (Å²) in [6, 6.07) is 3.78. The fraction of sp³-hybridized carbons (Fsp3) is 0.111. The topological polar surface area (TPSA) is 63.3 Å². The molecule has 0 atom stereocenters. The Hall–Kier alpha value is -1.68. The number of nitrogens with two attached hydrogens (primary N) is 1. The number of aromatic nitrogens is 1. The van der Waals surface area contributed by atoms with Crippen LogP contribution in [0.2, 0.25) is 0 Å². The lowest BCUT2D eigenvalue weighted by Crippen LogP contribution is -1.98. The summed E-state index contributed by atoms with van der Waals surface area (Å²) in [6.45, 7) is 0.456. The van der Waals surface area contributed by atoms with Gasteiger partial charge in [-0.15, -0.1) is 0 Å². The fourth-order valence-corrected chi connectivity index (χ4v) is 0.746. The van der Waals surface area contributed by atoms with Gasteiger partial charge in [0.2, 0.25) is 0 Å². The van der Waals surface area contributed by atoms with Crippen molar-refractivity contribution in [1.82, 2.24) is 4.98 Å². The normalized spacial score (nSPS) is 11.2. The van der Waals surface area contributed by atoms with E-state index in [0.29, 0.717) is 6.54 Å². The third kappa shape index (κ3) is 4.03. The maximum atomic E-state index is 5.21. The number of nitrogens with one attached hydrogen (secondary N) is 1. The molecule has 3 N–H and O–H groups in total. The first-order chi connectivity index (χ1) is 6.43. The predicted molar refractivity (Wildman–Crippen MR) is 56.7 cm³/mol. The number of aliphatic imine (C=N–C) groups is 1. The van der Waals surface area contributed by atoms with Crippen LogP contribution in [0.1, 0.15) is 1.43 Å². The summed E-state index contributed by atoms with van der Waals surface area (Å²) in [7, 11) is 0. The van der Waals surface area contributed by atoms with Crippen molar-refractivity contribution in [1.29, 1.82) is 0 Å². The van der Waals surface area contributed by atoms with Gasteiger partial charge >= 0.3 is 0 Å². The molecule has 13 heavy (non-hydrogen) atoms. The summed E-state index contributed by atoms with van der Waals surface area (Å²) < 4.78 is 0. The molecule has 70 valence electrons. The molecule has 1 heterocycles. The molecule has 0 unspecified atom stereocenters. The van der Waals surface area contributed by atoms with Gasteiger partial charge in [0.05, 0.1) is 11.9 Å². The minimum Gasteiger partial charge on any atom is -0.359 e. The summed E-state index contributed by atoms with van der Waals surface area (Å²) >= 11 is 0. The van der Waals surface area contributed by atoms with Crippen molar-refractivity contribution in [3.8, 4) is 0 Å². The summed E-state index contributed by atoms with van der Waals surface area (Å²) in [5.41, 5.74) is 6.14. The minimum atomic E-state index is 0. The zero-order chi connectivity index (χ0) is 9.36. The molecule has 0 saturated carbocycles. The number of hydrogen-bond donors (Lipinski definition) is 2. The van der Waals surface area contributed by atoms with Gasteiger partial charge < -0.3 is 11.1 Å². The van der Waals surface area contributed by atoms with Crippen molar-refractivity contribution in [2.75, 3.05) is 11.9 Å². The number of rotatable bonds is 4. The van der Waals surface area contributed by atoms with Crippen LogP contribution in [0.15, 0.2) is 41.9 Å². The van der Waals surface area contributed by atoms with E-state index in [4.69, 9.17) is 5.73 Å². The Kier molecular flexibility index (Phi) is 4.27. The van der Waals surface area contributed by atoms with E-state index in [-0.39, 0.29) is 1.43 Å². The highest BCUT2D eigenvalue weighted by Gasteiger charge is 1.82. The van der Waals surface area contributed by atoms with E-state index in [9.17, 15) is 0 Å². The highest BCUT2D eigenvalue weighted by molar-refractivity contribution is 5.60. The van der Waals surface area contributed by atoms with Gasteiger partial charge in [-0.25, -0.2) is 0 Å². The molecule has 1 aromatic rings. The van der Waals surface area contributed by atoms with Crippen molar-refractivity contribution in [2.24, 2.45) is 10.7 Å². The smallest absolute Gasteiger partial charge is 0.0566 e. The molecule has 0 aliphatic heterocycles. The Labute approximate surface area is 78.7 Å². The van der Waals surface area contributed by atoms with E-state index >= 15 is 0 Å². The lowest BCUT2D eigenvalue weighted by Gasteiger charge is -1.96. The van der Waals surface area contributed by atoms with Gasteiger partial charge in [0.15, 0.2) is 0 Å². The summed E-state index contributed by atoms with van der Waals surface area (Å²) in [5, 5.41) is 3.01. The molecule has 0 fully saturated rings. The number of nitrogens with zero attached hydrogens (tertiary/aromatic N) is 2. The molecule has 0 radical (unpaired) electrons. The Bertz CT molecular complexity index is 284. The predicted octanol–water partition coefficient (Wildman–Crippen LogP) is 1.24. The molecule has 0 aromatic carbocycles. The Balaban J connectivity index is 0.00000169. The molecule has 0 aliphatic rings. The maximum Gasteiger partial charge on any atom is 0.0566 e. The number of anilines is 1. The first-order valence-corrected chi connectivity index (χ1v) is 3.97. The molecule has 0 bridgehead atoms. The molecule has 1 rings (SSSR count). The molecule has 0 saturated heterocycles. The Morgan fingerprint density at radius 3 is 3.31 bits per heavy atom. The van der Waals surface area contributed by atoms with Crippen LogP contribution in [0, 0.1) is 0 Å². The van der Waals surface area contributed by atoms with E-state index in [1.807, 2.05) is 12.1 Å². The van der Waals surface area contributed by atoms with E-state index in [1.165, 1.54) is 0 Å². The van der Waals surface area contributed by atoms with Crippen LogP contribution in [-0.4, -0.2) is 17.7 Å². The quantitative estimate of drug-likeness (QED) is 0.682. The van der Waals surface area contributed by atoms with E-state index in [2.05, 4.69) is 15.3 Å². The van der Waals surface area contributed by atoms with Crippen LogP contribution in [0.5, 0.6) is 0 Å². The molecule has 0 amide bonds. The number of pyridine rings is 1. The molecule has 0 aliphatic carbocycles. The van der Waals surface area contributed by atoms with Crippen LogP contribution < -0.4 is 11.1 Å². The number of hydrogen-bond acceptors (Lipinski definition) is 4. The molecular formula is C9H14N4. The maximum absolute atomic E-state index is 5.21. The van der Waals surface area contributed by atoms with Crippen molar-refractivity contribution >= 4 is 11.9 Å². The molecule has 4 heteroatoms. The van der Waals surface area contributed by atoms with Crippen molar-refractivity contribution in [3.63, 3.8) is 0 Å². The first-order valence-electron chi connectivity index (χ1n) is 3.97. The average Bonchev–Trinajstić information content (AvgIpc) is 2.19. The van der Waals surface area contributed by atoms with Gasteiger partial charge in [0, 0.05) is 32.8 Å². The SMILES string of the molecule is NCC=N/C=C/Nc1cccnc1.[HH]. The minimum absolute atomic E-state index is 0. The second kappa shape index (κ2) is 5.91. The van der Waals surface area contributed by atoms with Crippen LogP contribution in [0.4, 0.5) is 5.69 Å². The van der Waals surface area contributed by atoms with Gasteiger partial charge in [-0.2, -0.15) is 0 Å². The van der Waals surface area contributed by atoms with Crippen LogP contribution in [0.3, 0.4) is 0 Å². The van der Waals surface area contributed by atoms with E-state index < -0.39 is 0 Å². The highest BCUT2D eigenvalue weighted by Crippen LogP contribution is 2.01. The van der Waals surface area contributed by atoms with Gasteiger partial charge in [-0.05, 0) is 12.1 Å². The van der Waals surface area contributed by atoms with Crippen LogP contribution in [-0.2, 0) is 0 Å².